The van der Waals surface area contributed by atoms with E-state index in [1.54, 1.807) is 0 Å². The lowest BCUT2D eigenvalue weighted by Crippen LogP contribution is -1.72. The van der Waals surface area contributed by atoms with E-state index in [1.807, 2.05) is 19.1 Å². The van der Waals surface area contributed by atoms with Gasteiger partial charge in [-0.15, -0.1) is 0 Å². The summed E-state index contributed by atoms with van der Waals surface area (Å²) in [6.45, 7) is 2.03. The van der Waals surface area contributed by atoms with Crippen molar-refractivity contribution in [2.75, 3.05) is 6.61 Å². The Bertz CT molecular complexity index is 103. The predicted octanol–water partition coefficient (Wildman–Crippen LogP) is 2.72. The molecule has 0 bridgehead atoms. The number of hydrogen-bond acceptors (Lipinski definition) is 0. The molecule has 0 atom stereocenters. The first-order chi connectivity index (χ1) is 4.91. The molecule has 0 aromatic carbocycles. The third-order valence-electron chi connectivity index (χ3n) is 1.19. The fourth-order valence-electron chi connectivity index (χ4n) is 0.663. The molecule has 0 aliphatic rings. The smallest absolute Gasteiger partial charge is 0.0856 e. The topological polar surface area (TPSA) is 19.9 Å². The standard InChI is InChI=1S/C9H15O/c1-2-3-4-5-6-7-8-9-10/h2-3,6-7H,4-5,8-9H2,1H3. The zero-order chi connectivity index (χ0) is 7.66. The second kappa shape index (κ2) is 8.44. The Kier molecular flexibility index (Phi) is 7.97. The molecule has 57 valence electrons. The molecule has 0 N–H and O–H groups in total. The minimum absolute atomic E-state index is 0.0140. The first-order valence-electron chi connectivity index (χ1n) is 3.76. The van der Waals surface area contributed by atoms with Crippen LogP contribution in [0.3, 0.4) is 0 Å². The van der Waals surface area contributed by atoms with Gasteiger partial charge in [0.2, 0.25) is 0 Å². The molecule has 0 rings (SSSR count). The minimum Gasteiger partial charge on any atom is -0.236 e. The number of hydrogen-bond donors (Lipinski definition) is 0. The van der Waals surface area contributed by atoms with Crippen LogP contribution < -0.4 is 0 Å². The maximum Gasteiger partial charge on any atom is 0.0856 e. The highest BCUT2D eigenvalue weighted by Gasteiger charge is 1.76. The third kappa shape index (κ3) is 7.44. The van der Waals surface area contributed by atoms with Crippen LogP contribution in [0.15, 0.2) is 24.3 Å². The summed E-state index contributed by atoms with van der Waals surface area (Å²) >= 11 is 0. The van der Waals surface area contributed by atoms with Crippen LogP contribution in [0, 0.1) is 0 Å². The van der Waals surface area contributed by atoms with Crippen molar-refractivity contribution in [3.05, 3.63) is 24.3 Å². The minimum atomic E-state index is 0.0140. The van der Waals surface area contributed by atoms with Gasteiger partial charge in [0.05, 0.1) is 6.61 Å². The highest BCUT2D eigenvalue weighted by molar-refractivity contribution is 4.86. The normalized spacial score (nSPS) is 11.8. The summed E-state index contributed by atoms with van der Waals surface area (Å²) in [7, 11) is 0. The van der Waals surface area contributed by atoms with Crippen molar-refractivity contribution >= 4 is 0 Å². The van der Waals surface area contributed by atoms with Crippen LogP contribution >= 0.6 is 0 Å². The lowest BCUT2D eigenvalue weighted by Gasteiger charge is -1.84. The molecule has 0 unspecified atom stereocenters. The molecule has 0 spiro atoms. The van der Waals surface area contributed by atoms with E-state index in [9.17, 15) is 5.11 Å². The van der Waals surface area contributed by atoms with Crippen LogP contribution in [-0.2, 0) is 5.11 Å². The van der Waals surface area contributed by atoms with Crippen LogP contribution in [0.5, 0.6) is 0 Å². The second-order valence-corrected chi connectivity index (χ2v) is 2.11. The van der Waals surface area contributed by atoms with Gasteiger partial charge in [-0.3, -0.25) is 0 Å². The molecule has 0 aromatic rings. The van der Waals surface area contributed by atoms with E-state index in [0.717, 1.165) is 12.8 Å². The van der Waals surface area contributed by atoms with Crippen LogP contribution in [-0.4, -0.2) is 6.61 Å². The molecule has 1 heteroatoms. The summed E-state index contributed by atoms with van der Waals surface area (Å²) in [5.41, 5.74) is 0. The summed E-state index contributed by atoms with van der Waals surface area (Å²) < 4.78 is 0. The van der Waals surface area contributed by atoms with Gasteiger partial charge < -0.3 is 0 Å². The molecule has 1 nitrogen and oxygen atoms in total. The summed E-state index contributed by atoms with van der Waals surface area (Å²) in [6, 6.07) is 0. The van der Waals surface area contributed by atoms with Gasteiger partial charge in [-0.2, -0.15) is 0 Å². The Hall–Kier alpha value is -0.560. The largest absolute Gasteiger partial charge is 0.236 e. The van der Waals surface area contributed by atoms with E-state index >= 15 is 0 Å². The van der Waals surface area contributed by atoms with Crippen molar-refractivity contribution in [3.63, 3.8) is 0 Å². The number of rotatable bonds is 5. The first-order valence-corrected chi connectivity index (χ1v) is 3.76. The quantitative estimate of drug-likeness (QED) is 0.412. The molecule has 0 fully saturated rings. The summed E-state index contributed by atoms with van der Waals surface area (Å²) in [5.74, 6) is 0. The van der Waals surface area contributed by atoms with E-state index in [2.05, 4.69) is 12.2 Å². The van der Waals surface area contributed by atoms with Gasteiger partial charge >= 0.3 is 0 Å². The van der Waals surface area contributed by atoms with Crippen LogP contribution in [0.1, 0.15) is 26.2 Å². The molecule has 0 saturated heterocycles. The van der Waals surface area contributed by atoms with E-state index in [0.29, 0.717) is 6.42 Å². The third-order valence-corrected chi connectivity index (χ3v) is 1.19. The molecule has 0 aliphatic heterocycles. The second-order valence-electron chi connectivity index (χ2n) is 2.11. The average Bonchev–Trinajstić information content (AvgIpc) is 1.97. The molecule has 0 heterocycles. The van der Waals surface area contributed by atoms with Crippen molar-refractivity contribution in [2.24, 2.45) is 0 Å². The van der Waals surface area contributed by atoms with E-state index in [-0.39, 0.29) is 6.61 Å². The van der Waals surface area contributed by atoms with Gasteiger partial charge in [0.15, 0.2) is 0 Å². The van der Waals surface area contributed by atoms with Crippen LogP contribution in [0.4, 0.5) is 0 Å². The van der Waals surface area contributed by atoms with Gasteiger partial charge in [-0.25, -0.2) is 5.11 Å². The Morgan fingerprint density at radius 3 is 2.20 bits per heavy atom. The zero-order valence-electron chi connectivity index (χ0n) is 6.55. The van der Waals surface area contributed by atoms with E-state index in [1.165, 1.54) is 0 Å². The molecule has 10 heavy (non-hydrogen) atoms. The maximum absolute atomic E-state index is 9.95. The monoisotopic (exact) mass is 139 g/mol. The molecular formula is C9H15O. The van der Waals surface area contributed by atoms with Crippen molar-refractivity contribution in [1.82, 2.24) is 0 Å². The molecule has 1 radical (unpaired) electrons. The van der Waals surface area contributed by atoms with Crippen molar-refractivity contribution in [1.29, 1.82) is 0 Å². The van der Waals surface area contributed by atoms with Gasteiger partial charge in [0, 0.05) is 0 Å². The summed E-state index contributed by atoms with van der Waals surface area (Å²) in [6.07, 6.45) is 11.0. The summed E-state index contributed by atoms with van der Waals surface area (Å²) in [4.78, 5) is 0. The molecule has 0 amide bonds. The highest BCUT2D eigenvalue weighted by Crippen LogP contribution is 1.93. The van der Waals surface area contributed by atoms with Gasteiger partial charge in [-0.1, -0.05) is 24.3 Å². The number of allylic oxidation sites excluding steroid dienone is 3. The molecular weight excluding hydrogens is 124 g/mol. The zero-order valence-corrected chi connectivity index (χ0v) is 6.55. The van der Waals surface area contributed by atoms with Crippen LogP contribution in [0.25, 0.3) is 0 Å². The molecule has 0 aromatic heterocycles. The maximum atomic E-state index is 9.95. The van der Waals surface area contributed by atoms with Crippen molar-refractivity contribution < 1.29 is 5.11 Å². The van der Waals surface area contributed by atoms with Crippen molar-refractivity contribution in [2.45, 2.75) is 26.2 Å². The lowest BCUT2D eigenvalue weighted by atomic mass is 10.2. The summed E-state index contributed by atoms with van der Waals surface area (Å²) in [5, 5.41) is 9.95. The van der Waals surface area contributed by atoms with Gasteiger partial charge in [0.1, 0.15) is 0 Å². The molecule has 0 aliphatic carbocycles. The van der Waals surface area contributed by atoms with Gasteiger partial charge in [0.25, 0.3) is 0 Å². The predicted molar refractivity (Wildman–Crippen MR) is 43.4 cm³/mol. The van der Waals surface area contributed by atoms with Gasteiger partial charge in [-0.05, 0) is 26.2 Å². The number of unbranched alkanes of at least 4 members (excludes halogenated alkanes) is 1. The molecule has 0 saturated carbocycles. The lowest BCUT2D eigenvalue weighted by molar-refractivity contribution is 0.199. The Morgan fingerprint density at radius 1 is 1.00 bits per heavy atom. The van der Waals surface area contributed by atoms with Crippen LogP contribution in [0.2, 0.25) is 0 Å². The Morgan fingerprint density at radius 2 is 1.60 bits per heavy atom. The Balaban J connectivity index is 3.02. The fourth-order valence-corrected chi connectivity index (χ4v) is 0.663. The highest BCUT2D eigenvalue weighted by atomic mass is 16.2. The van der Waals surface area contributed by atoms with E-state index in [4.69, 9.17) is 0 Å². The first kappa shape index (κ1) is 9.44. The fraction of sp³-hybridized carbons (Fsp3) is 0.556. The average molecular weight is 139 g/mol. The Labute approximate surface area is 63.1 Å². The van der Waals surface area contributed by atoms with Crippen molar-refractivity contribution in [3.8, 4) is 0 Å². The van der Waals surface area contributed by atoms with E-state index < -0.39 is 0 Å². The SMILES string of the molecule is CC=CCCC=CCC[O].